The summed E-state index contributed by atoms with van der Waals surface area (Å²) in [5.74, 6) is 0.554. The van der Waals surface area contributed by atoms with E-state index in [-0.39, 0.29) is 11.9 Å². The third kappa shape index (κ3) is 8.68. The first-order valence-corrected chi connectivity index (χ1v) is 11.9. The molecule has 0 aliphatic carbocycles. The first kappa shape index (κ1) is 24.1. The van der Waals surface area contributed by atoms with Gasteiger partial charge in [-0.05, 0) is 12.8 Å². The number of benzene rings is 1. The summed E-state index contributed by atoms with van der Waals surface area (Å²) < 4.78 is 6.99. The molecule has 1 aromatic heterocycles. The van der Waals surface area contributed by atoms with Crippen LogP contribution in [-0.4, -0.2) is 27.3 Å². The highest BCUT2D eigenvalue weighted by Gasteiger charge is 2.18. The maximum absolute atomic E-state index is 12.8. The summed E-state index contributed by atoms with van der Waals surface area (Å²) in [5, 5.41) is 4.33. The lowest BCUT2D eigenvalue weighted by molar-refractivity contribution is 0.0882. The van der Waals surface area contributed by atoms with Crippen LogP contribution in [0.2, 0.25) is 0 Å². The van der Waals surface area contributed by atoms with Crippen LogP contribution in [0.5, 0.6) is 6.01 Å². The lowest BCUT2D eigenvalue weighted by Gasteiger charge is -2.05. The Morgan fingerprint density at radius 3 is 2.03 bits per heavy atom. The fraction of sp³-hybridized carbons (Fsp3) is 0.640. The highest BCUT2D eigenvalue weighted by atomic mass is 16.5. The molecule has 0 bridgehead atoms. The number of nitrogens with zero attached hydrogens (tertiary/aromatic N) is 3. The smallest absolute Gasteiger partial charge is 0.336 e. The number of hydrogen-bond acceptors (Lipinski definition) is 4. The topological polar surface area (TPSA) is 57.0 Å². The molecule has 166 valence electrons. The van der Waals surface area contributed by atoms with E-state index < -0.39 is 0 Å². The second-order valence-electron chi connectivity index (χ2n) is 8.02. The SMILES string of the molecule is CCCCCCCCCCCCCC(=O)n1nc(OCCC)nc1-c1ccccc1. The zero-order chi connectivity index (χ0) is 21.4. The fourth-order valence-corrected chi connectivity index (χ4v) is 3.54. The quantitative estimate of drug-likeness (QED) is 0.276. The molecule has 30 heavy (non-hydrogen) atoms. The maximum Gasteiger partial charge on any atom is 0.336 e. The Labute approximate surface area is 182 Å². The van der Waals surface area contributed by atoms with E-state index in [1.165, 1.54) is 62.5 Å². The number of carbonyl (C=O) groups excluding carboxylic acids is 1. The average molecular weight is 414 g/mol. The Morgan fingerprint density at radius 2 is 1.43 bits per heavy atom. The van der Waals surface area contributed by atoms with Crippen LogP contribution in [0.1, 0.15) is 102 Å². The van der Waals surface area contributed by atoms with Gasteiger partial charge in [-0.1, -0.05) is 108 Å². The average Bonchev–Trinajstić information content (AvgIpc) is 3.21. The first-order chi connectivity index (χ1) is 14.8. The highest BCUT2D eigenvalue weighted by molar-refractivity contribution is 5.82. The van der Waals surface area contributed by atoms with Gasteiger partial charge >= 0.3 is 6.01 Å². The molecule has 0 saturated heterocycles. The number of ether oxygens (including phenoxy) is 1. The molecule has 5 nitrogen and oxygen atoms in total. The number of rotatable bonds is 16. The Morgan fingerprint density at radius 1 is 0.833 bits per heavy atom. The third-order valence-corrected chi connectivity index (χ3v) is 5.29. The van der Waals surface area contributed by atoms with Crippen LogP contribution in [0.15, 0.2) is 30.3 Å². The molecule has 0 amide bonds. The summed E-state index contributed by atoms with van der Waals surface area (Å²) in [6.45, 7) is 4.84. The molecule has 2 aromatic rings. The van der Waals surface area contributed by atoms with Crippen LogP contribution >= 0.6 is 0 Å². The van der Waals surface area contributed by atoms with Crippen molar-refractivity contribution in [3.05, 3.63) is 30.3 Å². The highest BCUT2D eigenvalue weighted by Crippen LogP contribution is 2.21. The summed E-state index contributed by atoms with van der Waals surface area (Å²) in [4.78, 5) is 17.2. The van der Waals surface area contributed by atoms with E-state index in [4.69, 9.17) is 4.74 Å². The van der Waals surface area contributed by atoms with Crippen molar-refractivity contribution in [1.82, 2.24) is 14.8 Å². The summed E-state index contributed by atoms with van der Waals surface area (Å²) >= 11 is 0. The Hall–Kier alpha value is -2.17. The van der Waals surface area contributed by atoms with Crippen LogP contribution in [0.3, 0.4) is 0 Å². The maximum atomic E-state index is 12.8. The van der Waals surface area contributed by atoms with Gasteiger partial charge < -0.3 is 4.74 Å². The number of aromatic nitrogens is 3. The van der Waals surface area contributed by atoms with Crippen LogP contribution in [-0.2, 0) is 0 Å². The van der Waals surface area contributed by atoms with Crippen molar-refractivity contribution in [3.8, 4) is 17.4 Å². The summed E-state index contributed by atoms with van der Waals surface area (Å²) in [6, 6.07) is 10.00. The van der Waals surface area contributed by atoms with Gasteiger partial charge in [-0.2, -0.15) is 9.67 Å². The van der Waals surface area contributed by atoms with E-state index in [0.29, 0.717) is 18.9 Å². The van der Waals surface area contributed by atoms with E-state index >= 15 is 0 Å². The largest absolute Gasteiger partial charge is 0.462 e. The van der Waals surface area contributed by atoms with Gasteiger partial charge in [-0.15, -0.1) is 5.10 Å². The van der Waals surface area contributed by atoms with Gasteiger partial charge in [0.25, 0.3) is 0 Å². The molecule has 0 atom stereocenters. The van der Waals surface area contributed by atoms with Gasteiger partial charge in [-0.25, -0.2) is 0 Å². The van der Waals surface area contributed by atoms with Crippen molar-refractivity contribution in [3.63, 3.8) is 0 Å². The molecule has 0 spiro atoms. The van der Waals surface area contributed by atoms with E-state index in [0.717, 1.165) is 24.8 Å². The molecule has 2 rings (SSSR count). The van der Waals surface area contributed by atoms with Crippen molar-refractivity contribution < 1.29 is 9.53 Å². The van der Waals surface area contributed by atoms with Gasteiger partial charge in [0.15, 0.2) is 5.82 Å². The molecule has 0 radical (unpaired) electrons. The molecule has 0 fully saturated rings. The molecular weight excluding hydrogens is 374 g/mol. The molecule has 0 saturated carbocycles. The predicted octanol–water partition coefficient (Wildman–Crippen LogP) is 7.08. The minimum Gasteiger partial charge on any atom is -0.462 e. The Kier molecular flexibility index (Phi) is 11.9. The minimum atomic E-state index is -0.0105. The number of carbonyl (C=O) groups is 1. The van der Waals surface area contributed by atoms with Crippen LogP contribution in [0, 0.1) is 0 Å². The predicted molar refractivity (Wildman–Crippen MR) is 123 cm³/mol. The normalized spacial score (nSPS) is 11.0. The van der Waals surface area contributed by atoms with Crippen LogP contribution in [0.4, 0.5) is 0 Å². The van der Waals surface area contributed by atoms with Crippen LogP contribution in [0.25, 0.3) is 11.4 Å². The van der Waals surface area contributed by atoms with Gasteiger partial charge in [0.1, 0.15) is 0 Å². The molecule has 1 heterocycles. The fourth-order valence-electron chi connectivity index (χ4n) is 3.54. The van der Waals surface area contributed by atoms with Crippen LogP contribution < -0.4 is 4.74 Å². The van der Waals surface area contributed by atoms with Crippen molar-refractivity contribution >= 4 is 5.91 Å². The van der Waals surface area contributed by atoms with E-state index in [9.17, 15) is 4.79 Å². The summed E-state index contributed by atoms with van der Waals surface area (Å²) in [5.41, 5.74) is 0.878. The molecule has 1 aromatic carbocycles. The zero-order valence-corrected chi connectivity index (χ0v) is 18.9. The molecule has 0 N–H and O–H groups in total. The van der Waals surface area contributed by atoms with E-state index in [2.05, 4.69) is 17.0 Å². The first-order valence-electron chi connectivity index (χ1n) is 11.9. The van der Waals surface area contributed by atoms with Crippen molar-refractivity contribution in [2.45, 2.75) is 97.3 Å². The molecule has 5 heteroatoms. The van der Waals surface area contributed by atoms with E-state index in [1.54, 1.807) is 0 Å². The molecule has 0 unspecified atom stereocenters. The van der Waals surface area contributed by atoms with Gasteiger partial charge in [0, 0.05) is 12.0 Å². The van der Waals surface area contributed by atoms with Crippen molar-refractivity contribution in [2.75, 3.05) is 6.61 Å². The molecular formula is C25H39N3O2. The van der Waals surface area contributed by atoms with Crippen molar-refractivity contribution in [1.29, 1.82) is 0 Å². The Balaban J connectivity index is 1.74. The third-order valence-electron chi connectivity index (χ3n) is 5.29. The minimum absolute atomic E-state index is 0.0105. The van der Waals surface area contributed by atoms with Gasteiger partial charge in [-0.3, -0.25) is 4.79 Å². The number of unbranched alkanes of at least 4 members (excludes halogenated alkanes) is 10. The monoisotopic (exact) mass is 413 g/mol. The van der Waals surface area contributed by atoms with Gasteiger partial charge in [0.05, 0.1) is 6.61 Å². The number of hydrogen-bond donors (Lipinski definition) is 0. The molecule has 0 aliphatic rings. The van der Waals surface area contributed by atoms with E-state index in [1.807, 2.05) is 37.3 Å². The lowest BCUT2D eigenvalue weighted by atomic mass is 10.1. The summed E-state index contributed by atoms with van der Waals surface area (Å²) in [7, 11) is 0. The lowest BCUT2D eigenvalue weighted by Crippen LogP contribution is -2.14. The second kappa shape index (κ2) is 14.8. The second-order valence-corrected chi connectivity index (χ2v) is 8.02. The van der Waals surface area contributed by atoms with Gasteiger partial charge in [0.2, 0.25) is 5.91 Å². The molecule has 0 aliphatic heterocycles. The van der Waals surface area contributed by atoms with Crippen molar-refractivity contribution in [2.24, 2.45) is 0 Å². The standard InChI is InChI=1S/C25H39N3O2/c1-3-5-6-7-8-9-10-11-12-13-17-20-23(29)28-24(22-18-15-14-16-19-22)26-25(27-28)30-21-4-2/h14-16,18-19H,3-13,17,20-21H2,1-2H3. The summed E-state index contributed by atoms with van der Waals surface area (Å²) in [6.07, 6.45) is 15.3. The zero-order valence-electron chi connectivity index (χ0n) is 18.9. The Bertz CT molecular complexity index is 712.